The Balaban J connectivity index is 1.44. The summed E-state index contributed by atoms with van der Waals surface area (Å²) in [5.74, 6) is 0.0279. The summed E-state index contributed by atoms with van der Waals surface area (Å²) in [5, 5.41) is 2.69. The number of carbonyl (C=O) groups excluding carboxylic acids is 3. The van der Waals surface area contributed by atoms with Gasteiger partial charge in [-0.05, 0) is 50.2 Å². The van der Waals surface area contributed by atoms with Gasteiger partial charge in [0.05, 0.1) is 19.8 Å². The van der Waals surface area contributed by atoms with Gasteiger partial charge in [0.1, 0.15) is 11.8 Å². The first-order chi connectivity index (χ1) is 14.5. The molecule has 164 valence electrons. The predicted molar refractivity (Wildman–Crippen MR) is 112 cm³/mol. The SMILES string of the molecule is CCOC(=O)C1CC2(CCCC2)CN1C(=O)CNC(=O)CCCOc1ccccc1. The van der Waals surface area contributed by atoms with Gasteiger partial charge < -0.3 is 19.7 Å². The van der Waals surface area contributed by atoms with E-state index in [1.807, 2.05) is 30.3 Å². The molecule has 1 unspecified atom stereocenters. The predicted octanol–water partition coefficient (Wildman–Crippen LogP) is 2.69. The molecule has 1 saturated heterocycles. The van der Waals surface area contributed by atoms with Crippen LogP contribution >= 0.6 is 0 Å². The van der Waals surface area contributed by atoms with Crippen molar-refractivity contribution in [1.82, 2.24) is 10.2 Å². The smallest absolute Gasteiger partial charge is 0.328 e. The second-order valence-electron chi connectivity index (χ2n) is 8.24. The number of hydrogen-bond acceptors (Lipinski definition) is 5. The van der Waals surface area contributed by atoms with E-state index >= 15 is 0 Å². The number of esters is 1. The molecule has 1 N–H and O–H groups in total. The number of para-hydroxylation sites is 1. The number of carbonyl (C=O) groups is 3. The Morgan fingerprint density at radius 3 is 2.60 bits per heavy atom. The summed E-state index contributed by atoms with van der Waals surface area (Å²) in [7, 11) is 0. The number of rotatable bonds is 9. The minimum atomic E-state index is -0.535. The third-order valence-electron chi connectivity index (χ3n) is 6.05. The number of benzene rings is 1. The van der Waals surface area contributed by atoms with Crippen molar-refractivity contribution < 1.29 is 23.9 Å². The van der Waals surface area contributed by atoms with E-state index in [0.717, 1.165) is 31.4 Å². The van der Waals surface area contributed by atoms with Crippen LogP contribution in [0.3, 0.4) is 0 Å². The molecule has 2 fully saturated rings. The molecule has 0 aromatic heterocycles. The summed E-state index contributed by atoms with van der Waals surface area (Å²) in [4.78, 5) is 39.0. The normalized spacial score (nSPS) is 19.6. The first-order valence-corrected chi connectivity index (χ1v) is 10.9. The van der Waals surface area contributed by atoms with Gasteiger partial charge in [-0.25, -0.2) is 4.79 Å². The van der Waals surface area contributed by atoms with Crippen molar-refractivity contribution in [3.63, 3.8) is 0 Å². The lowest BCUT2D eigenvalue weighted by atomic mass is 9.84. The topological polar surface area (TPSA) is 84.9 Å². The average Bonchev–Trinajstić information content (AvgIpc) is 3.37. The van der Waals surface area contributed by atoms with Crippen molar-refractivity contribution in [3.8, 4) is 5.75 Å². The Hall–Kier alpha value is -2.57. The van der Waals surface area contributed by atoms with Crippen LogP contribution in [-0.2, 0) is 19.1 Å². The first-order valence-electron chi connectivity index (χ1n) is 10.9. The summed E-state index contributed by atoms with van der Waals surface area (Å²) in [6.45, 7) is 2.99. The molecule has 2 amide bonds. The van der Waals surface area contributed by atoms with Crippen LogP contribution in [-0.4, -0.2) is 55.0 Å². The van der Waals surface area contributed by atoms with Crippen molar-refractivity contribution in [2.24, 2.45) is 5.41 Å². The molecule has 1 spiro atoms. The minimum Gasteiger partial charge on any atom is -0.494 e. The molecule has 0 bridgehead atoms. The molecule has 1 aromatic carbocycles. The van der Waals surface area contributed by atoms with Crippen LogP contribution in [0.25, 0.3) is 0 Å². The molecule has 30 heavy (non-hydrogen) atoms. The molecule has 1 aliphatic heterocycles. The van der Waals surface area contributed by atoms with Crippen molar-refractivity contribution in [3.05, 3.63) is 30.3 Å². The number of ether oxygens (including phenoxy) is 2. The van der Waals surface area contributed by atoms with Gasteiger partial charge >= 0.3 is 5.97 Å². The second-order valence-corrected chi connectivity index (χ2v) is 8.24. The van der Waals surface area contributed by atoms with Crippen LogP contribution in [0.4, 0.5) is 0 Å². The van der Waals surface area contributed by atoms with Gasteiger partial charge in [-0.1, -0.05) is 31.0 Å². The van der Waals surface area contributed by atoms with Crippen molar-refractivity contribution >= 4 is 17.8 Å². The van der Waals surface area contributed by atoms with E-state index in [-0.39, 0.29) is 36.2 Å². The van der Waals surface area contributed by atoms with Gasteiger partial charge in [0.25, 0.3) is 0 Å². The third kappa shape index (κ3) is 5.74. The highest BCUT2D eigenvalue weighted by molar-refractivity contribution is 5.89. The highest BCUT2D eigenvalue weighted by Crippen LogP contribution is 2.47. The zero-order chi connectivity index (χ0) is 21.4. The van der Waals surface area contributed by atoms with Gasteiger partial charge in [0.15, 0.2) is 0 Å². The Morgan fingerprint density at radius 1 is 1.17 bits per heavy atom. The molecule has 1 atom stereocenters. The molecule has 7 heteroatoms. The van der Waals surface area contributed by atoms with Crippen LogP contribution in [0.2, 0.25) is 0 Å². The molecule has 2 aliphatic rings. The Labute approximate surface area is 178 Å². The maximum atomic E-state index is 12.8. The van der Waals surface area contributed by atoms with Gasteiger partial charge in [0.2, 0.25) is 11.8 Å². The van der Waals surface area contributed by atoms with E-state index < -0.39 is 6.04 Å². The van der Waals surface area contributed by atoms with Crippen LogP contribution in [0, 0.1) is 5.41 Å². The maximum absolute atomic E-state index is 12.8. The van der Waals surface area contributed by atoms with E-state index in [4.69, 9.17) is 9.47 Å². The zero-order valence-corrected chi connectivity index (χ0v) is 17.7. The first kappa shape index (κ1) is 22.1. The molecule has 1 heterocycles. The zero-order valence-electron chi connectivity index (χ0n) is 17.7. The number of amides is 2. The monoisotopic (exact) mass is 416 g/mol. The molecule has 7 nitrogen and oxygen atoms in total. The van der Waals surface area contributed by atoms with Gasteiger partial charge in [-0.3, -0.25) is 9.59 Å². The summed E-state index contributed by atoms with van der Waals surface area (Å²) < 4.78 is 10.8. The van der Waals surface area contributed by atoms with Crippen molar-refractivity contribution in [2.75, 3.05) is 26.3 Å². The third-order valence-corrected chi connectivity index (χ3v) is 6.05. The highest BCUT2D eigenvalue weighted by Gasteiger charge is 2.50. The molecule has 1 saturated carbocycles. The van der Waals surface area contributed by atoms with E-state index in [2.05, 4.69) is 5.32 Å². The van der Waals surface area contributed by atoms with Crippen molar-refractivity contribution in [1.29, 1.82) is 0 Å². The Bertz CT molecular complexity index is 730. The van der Waals surface area contributed by atoms with Crippen LogP contribution < -0.4 is 10.1 Å². The minimum absolute atomic E-state index is 0.0336. The lowest BCUT2D eigenvalue weighted by Crippen LogP contribution is -2.46. The molecular weight excluding hydrogens is 384 g/mol. The molecule has 1 aromatic rings. The van der Waals surface area contributed by atoms with E-state index in [9.17, 15) is 14.4 Å². The van der Waals surface area contributed by atoms with Gasteiger partial charge in [0, 0.05) is 13.0 Å². The maximum Gasteiger partial charge on any atom is 0.328 e. The quantitative estimate of drug-likeness (QED) is 0.494. The van der Waals surface area contributed by atoms with Crippen LogP contribution in [0.5, 0.6) is 5.75 Å². The fraction of sp³-hybridized carbons (Fsp3) is 0.609. The number of nitrogens with one attached hydrogen (secondary N) is 1. The largest absolute Gasteiger partial charge is 0.494 e. The lowest BCUT2D eigenvalue weighted by Gasteiger charge is -2.24. The summed E-state index contributed by atoms with van der Waals surface area (Å²) >= 11 is 0. The molecule has 3 rings (SSSR count). The molecule has 1 aliphatic carbocycles. The van der Waals surface area contributed by atoms with Gasteiger partial charge in [-0.15, -0.1) is 0 Å². The summed E-state index contributed by atoms with van der Waals surface area (Å²) in [6.07, 6.45) is 5.88. The highest BCUT2D eigenvalue weighted by atomic mass is 16.5. The second kappa shape index (κ2) is 10.5. The van der Waals surface area contributed by atoms with Gasteiger partial charge in [-0.2, -0.15) is 0 Å². The number of likely N-dealkylation sites (tertiary alicyclic amines) is 1. The number of nitrogens with zero attached hydrogens (tertiary/aromatic N) is 1. The standard InChI is InChI=1S/C23H32N2O5/c1-2-29-22(28)19-15-23(12-6-7-13-23)17-25(19)21(27)16-24-20(26)11-8-14-30-18-9-4-3-5-10-18/h3-5,9-10,19H,2,6-8,11-17H2,1H3,(H,24,26). The fourth-order valence-electron chi connectivity index (χ4n) is 4.56. The average molecular weight is 417 g/mol. The van der Waals surface area contributed by atoms with E-state index in [1.165, 1.54) is 0 Å². The van der Waals surface area contributed by atoms with Crippen LogP contribution in [0.1, 0.15) is 51.9 Å². The van der Waals surface area contributed by atoms with E-state index in [1.54, 1.807) is 11.8 Å². The fourth-order valence-corrected chi connectivity index (χ4v) is 4.56. The lowest BCUT2D eigenvalue weighted by molar-refractivity contribution is -0.152. The Kier molecular flexibility index (Phi) is 7.71. The van der Waals surface area contributed by atoms with Crippen molar-refractivity contribution in [2.45, 2.75) is 57.9 Å². The summed E-state index contributed by atoms with van der Waals surface area (Å²) in [5.41, 5.74) is 0.0336. The molecular formula is C23H32N2O5. The number of hydrogen-bond donors (Lipinski definition) is 1. The molecule has 0 radical (unpaired) electrons. The summed E-state index contributed by atoms with van der Waals surface area (Å²) in [6, 6.07) is 8.90. The van der Waals surface area contributed by atoms with Crippen LogP contribution in [0.15, 0.2) is 30.3 Å². The van der Waals surface area contributed by atoms with E-state index in [0.29, 0.717) is 32.6 Å². The Morgan fingerprint density at radius 2 is 1.90 bits per heavy atom.